The quantitative estimate of drug-likeness (QED) is 0.686. The van der Waals surface area contributed by atoms with Crippen LogP contribution in [0.15, 0.2) is 12.1 Å². The van der Waals surface area contributed by atoms with E-state index in [9.17, 15) is 8.78 Å². The van der Waals surface area contributed by atoms with Gasteiger partial charge in [0.15, 0.2) is 11.6 Å². The van der Waals surface area contributed by atoms with E-state index in [4.69, 9.17) is 10.3 Å². The lowest BCUT2D eigenvalue weighted by molar-refractivity contribution is 0.445. The van der Waals surface area contributed by atoms with Gasteiger partial charge in [-0.05, 0) is 6.07 Å². The van der Waals surface area contributed by atoms with Crippen LogP contribution in [0.25, 0.3) is 0 Å². The van der Waals surface area contributed by atoms with Gasteiger partial charge in [0.2, 0.25) is 0 Å². The lowest BCUT2D eigenvalue weighted by Crippen LogP contribution is -2.01. The molecule has 0 amide bonds. The molecule has 1 aromatic carbocycles. The fraction of sp³-hybridized carbons (Fsp3) is 0. The highest BCUT2D eigenvalue weighted by Crippen LogP contribution is 2.19. The first-order valence-electron chi connectivity index (χ1n) is 3.20. The first kappa shape index (κ1) is 9.48. The SMILES string of the molecule is N#Cc1cc(O[B]O)cc(F)c1F. The summed E-state index contributed by atoms with van der Waals surface area (Å²) in [6.45, 7) is 0. The minimum absolute atomic E-state index is 0.141. The maximum Gasteiger partial charge on any atom is 0.569 e. The molecular formula is C7H3BF2NO2. The molecule has 0 aliphatic heterocycles. The highest BCUT2D eigenvalue weighted by atomic mass is 19.2. The Hall–Kier alpha value is -1.61. The Balaban J connectivity index is 3.16. The first-order chi connectivity index (χ1) is 6.19. The molecule has 13 heavy (non-hydrogen) atoms. The van der Waals surface area contributed by atoms with Crippen molar-refractivity contribution < 1.29 is 18.5 Å². The molecule has 1 rings (SSSR count). The highest BCUT2D eigenvalue weighted by Gasteiger charge is 2.10. The van der Waals surface area contributed by atoms with Gasteiger partial charge in [0.1, 0.15) is 11.8 Å². The minimum Gasteiger partial charge on any atom is -0.537 e. The van der Waals surface area contributed by atoms with Gasteiger partial charge in [-0.15, -0.1) is 0 Å². The fourth-order valence-corrected chi connectivity index (χ4v) is 0.774. The van der Waals surface area contributed by atoms with Gasteiger partial charge in [0, 0.05) is 6.07 Å². The number of nitriles is 1. The maximum absolute atomic E-state index is 12.7. The summed E-state index contributed by atoms with van der Waals surface area (Å²) in [7, 11) is 0.313. The van der Waals surface area contributed by atoms with Crippen molar-refractivity contribution in [2.75, 3.05) is 0 Å². The van der Waals surface area contributed by atoms with Gasteiger partial charge in [0.25, 0.3) is 0 Å². The topological polar surface area (TPSA) is 53.2 Å². The summed E-state index contributed by atoms with van der Waals surface area (Å²) in [6.07, 6.45) is 0. The van der Waals surface area contributed by atoms with E-state index in [1.54, 1.807) is 0 Å². The molecule has 0 saturated carbocycles. The van der Waals surface area contributed by atoms with Gasteiger partial charge in [0.05, 0.1) is 5.56 Å². The fourth-order valence-electron chi connectivity index (χ4n) is 0.774. The van der Waals surface area contributed by atoms with Gasteiger partial charge in [-0.25, -0.2) is 8.78 Å². The van der Waals surface area contributed by atoms with Crippen molar-refractivity contribution in [3.8, 4) is 11.8 Å². The second kappa shape index (κ2) is 3.87. The predicted molar refractivity (Wildman–Crippen MR) is 39.7 cm³/mol. The molecule has 3 nitrogen and oxygen atoms in total. The van der Waals surface area contributed by atoms with E-state index >= 15 is 0 Å². The monoisotopic (exact) mass is 182 g/mol. The van der Waals surface area contributed by atoms with E-state index in [1.807, 2.05) is 0 Å². The average Bonchev–Trinajstić information content (AvgIpc) is 2.11. The van der Waals surface area contributed by atoms with Crippen LogP contribution < -0.4 is 4.65 Å². The number of hydrogen-bond donors (Lipinski definition) is 1. The molecule has 0 saturated heterocycles. The average molecular weight is 182 g/mol. The van der Waals surface area contributed by atoms with E-state index in [-0.39, 0.29) is 5.75 Å². The summed E-state index contributed by atoms with van der Waals surface area (Å²) in [5.41, 5.74) is -0.475. The van der Waals surface area contributed by atoms with E-state index in [0.717, 1.165) is 12.1 Å². The molecule has 0 aromatic heterocycles. The molecule has 6 heteroatoms. The van der Waals surface area contributed by atoms with E-state index in [2.05, 4.69) is 4.65 Å². The van der Waals surface area contributed by atoms with Crippen LogP contribution in [-0.4, -0.2) is 12.7 Å². The normalized spacial score (nSPS) is 9.08. The zero-order valence-corrected chi connectivity index (χ0v) is 6.29. The smallest absolute Gasteiger partial charge is 0.537 e. The van der Waals surface area contributed by atoms with Crippen molar-refractivity contribution in [2.24, 2.45) is 0 Å². The summed E-state index contributed by atoms with van der Waals surface area (Å²) >= 11 is 0. The number of halogens is 2. The largest absolute Gasteiger partial charge is 0.569 e. The van der Waals surface area contributed by atoms with Crippen molar-refractivity contribution in [2.45, 2.75) is 0 Å². The van der Waals surface area contributed by atoms with Crippen molar-refractivity contribution in [3.63, 3.8) is 0 Å². The molecular weight excluding hydrogens is 179 g/mol. The Morgan fingerprint density at radius 2 is 2.15 bits per heavy atom. The summed E-state index contributed by atoms with van der Waals surface area (Å²) in [5.74, 6) is -2.57. The van der Waals surface area contributed by atoms with Crippen LogP contribution in [0.2, 0.25) is 0 Å². The minimum atomic E-state index is -1.23. The van der Waals surface area contributed by atoms with Crippen molar-refractivity contribution >= 4 is 7.69 Å². The van der Waals surface area contributed by atoms with Crippen LogP contribution in [0.3, 0.4) is 0 Å². The second-order valence-corrected chi connectivity index (χ2v) is 2.10. The molecule has 0 heterocycles. The van der Waals surface area contributed by atoms with E-state index in [1.165, 1.54) is 6.07 Å². The van der Waals surface area contributed by atoms with Gasteiger partial charge in [-0.2, -0.15) is 5.26 Å². The molecule has 0 unspecified atom stereocenters. The van der Waals surface area contributed by atoms with Crippen LogP contribution in [0.5, 0.6) is 5.75 Å². The maximum atomic E-state index is 12.7. The van der Waals surface area contributed by atoms with Gasteiger partial charge in [-0.1, -0.05) is 0 Å². The molecule has 0 spiro atoms. The molecule has 0 aliphatic rings. The van der Waals surface area contributed by atoms with Gasteiger partial charge in [-0.3, -0.25) is 0 Å². The molecule has 1 aromatic rings. The van der Waals surface area contributed by atoms with Crippen LogP contribution in [-0.2, 0) is 0 Å². The van der Waals surface area contributed by atoms with Gasteiger partial charge >= 0.3 is 7.69 Å². The summed E-state index contributed by atoms with van der Waals surface area (Å²) in [6, 6.07) is 3.15. The zero-order valence-electron chi connectivity index (χ0n) is 6.29. The number of rotatable bonds is 2. The molecule has 1 N–H and O–H groups in total. The molecule has 65 valence electrons. The molecule has 0 fully saturated rings. The van der Waals surface area contributed by atoms with Crippen molar-refractivity contribution in [3.05, 3.63) is 29.3 Å². The Morgan fingerprint density at radius 1 is 1.46 bits per heavy atom. The number of benzene rings is 1. The third kappa shape index (κ3) is 1.95. The Bertz CT molecular complexity index is 364. The first-order valence-corrected chi connectivity index (χ1v) is 3.20. The predicted octanol–water partition coefficient (Wildman–Crippen LogP) is 0.742. The van der Waals surface area contributed by atoms with E-state index in [0.29, 0.717) is 7.69 Å². The number of nitrogens with zero attached hydrogens (tertiary/aromatic N) is 1. The van der Waals surface area contributed by atoms with Gasteiger partial charge < -0.3 is 9.68 Å². The lowest BCUT2D eigenvalue weighted by Gasteiger charge is -2.02. The molecule has 0 bridgehead atoms. The lowest BCUT2D eigenvalue weighted by atomic mass is 10.2. The second-order valence-electron chi connectivity index (χ2n) is 2.10. The standard InChI is InChI=1S/C7H3BF2NO2/c9-6-2-5(13-8-12)1-4(3-11)7(6)10/h1-2,12H. The van der Waals surface area contributed by atoms with Crippen LogP contribution in [0, 0.1) is 23.0 Å². The molecule has 1 radical (unpaired) electrons. The third-order valence-electron chi connectivity index (χ3n) is 1.31. The Labute approximate surface area is 73.5 Å². The van der Waals surface area contributed by atoms with Crippen LogP contribution >= 0.6 is 0 Å². The van der Waals surface area contributed by atoms with Crippen molar-refractivity contribution in [1.29, 1.82) is 5.26 Å². The van der Waals surface area contributed by atoms with Crippen LogP contribution in [0.4, 0.5) is 8.78 Å². The summed E-state index contributed by atoms with van der Waals surface area (Å²) in [4.78, 5) is 0. The third-order valence-corrected chi connectivity index (χ3v) is 1.31. The summed E-state index contributed by atoms with van der Waals surface area (Å²) < 4.78 is 29.7. The Kier molecular flexibility index (Phi) is 2.82. The number of hydrogen-bond acceptors (Lipinski definition) is 3. The summed E-state index contributed by atoms with van der Waals surface area (Å²) in [5, 5.41) is 16.5. The molecule has 0 aliphatic carbocycles. The Morgan fingerprint density at radius 3 is 2.69 bits per heavy atom. The van der Waals surface area contributed by atoms with Crippen molar-refractivity contribution in [1.82, 2.24) is 0 Å². The highest BCUT2D eigenvalue weighted by molar-refractivity contribution is 6.17. The zero-order chi connectivity index (χ0) is 9.84. The van der Waals surface area contributed by atoms with Crippen LogP contribution in [0.1, 0.15) is 5.56 Å². The van der Waals surface area contributed by atoms with E-state index < -0.39 is 17.2 Å². The molecule has 0 atom stereocenters.